The lowest BCUT2D eigenvalue weighted by Crippen LogP contribution is -2.44. The molecule has 3 aliphatic rings. The molecule has 7 nitrogen and oxygen atoms in total. The van der Waals surface area contributed by atoms with Gasteiger partial charge in [0.1, 0.15) is 0 Å². The minimum Gasteiger partial charge on any atom is -0.504 e. The summed E-state index contributed by atoms with van der Waals surface area (Å²) in [4.78, 5) is 29.1. The predicted octanol–water partition coefficient (Wildman–Crippen LogP) is 3.69. The van der Waals surface area contributed by atoms with Gasteiger partial charge in [0.05, 0.1) is 35.2 Å². The van der Waals surface area contributed by atoms with E-state index < -0.39 is 25.1 Å². The molecule has 172 valence electrons. The number of nitrogens with zero attached hydrogens (tertiary/aromatic N) is 1. The van der Waals surface area contributed by atoms with Gasteiger partial charge in [0.15, 0.2) is 11.5 Å². The monoisotopic (exact) mass is 579 g/mol. The molecule has 0 unspecified atom stereocenters. The molecule has 2 N–H and O–H groups in total. The number of carbonyl (C=O) groups excluding carboxylic acids is 2. The maximum absolute atomic E-state index is 13.5. The smallest absolute Gasteiger partial charge is 0.487 e. The number of hydrogen-bond acceptors (Lipinski definition) is 7. The lowest BCUT2D eigenvalue weighted by Gasteiger charge is -2.41. The lowest BCUT2D eigenvalue weighted by molar-refractivity contribution is -0.140. The summed E-state index contributed by atoms with van der Waals surface area (Å²) < 4.78 is 11.9. The summed E-state index contributed by atoms with van der Waals surface area (Å²) in [5, 5.41) is 23.1. The molecule has 1 aromatic carbocycles. The van der Waals surface area contributed by atoms with Crippen molar-refractivity contribution in [2.24, 2.45) is 17.8 Å². The van der Waals surface area contributed by atoms with Crippen LogP contribution in [0.4, 0.5) is 0 Å². The fourth-order valence-electron chi connectivity index (χ4n) is 5.49. The highest BCUT2D eigenvalue weighted by Crippen LogP contribution is 2.52. The third kappa shape index (κ3) is 3.80. The molecule has 2 saturated heterocycles. The van der Waals surface area contributed by atoms with Crippen LogP contribution in [0, 0.1) is 21.3 Å². The fraction of sp³-hybridized carbons (Fsp3) is 0.391. The second kappa shape index (κ2) is 8.72. The number of likely N-dealkylation sites (tertiary alicyclic amines) is 1. The van der Waals surface area contributed by atoms with E-state index in [4.69, 9.17) is 9.39 Å². The standard InChI is InChI=1S/C23H23BINO6S/c1-11-6-15-19(23(29)26(22(15)28)10-13-4-3-5-33-13)14-9-17(32-24(30)20(11)14)12-7-16(25)21(27)18(8-12)31-2/h3-5,7-8,14-15,17,19,27,30H,6,9-10H2,1-2H3/t14-,15-,17-,19+/m0/s1. The van der Waals surface area contributed by atoms with Crippen LogP contribution in [0.2, 0.25) is 0 Å². The molecule has 3 heterocycles. The summed E-state index contributed by atoms with van der Waals surface area (Å²) in [7, 11) is 0.327. The van der Waals surface area contributed by atoms with Crippen molar-refractivity contribution in [1.29, 1.82) is 0 Å². The Kier molecular flexibility index (Phi) is 6.05. The van der Waals surface area contributed by atoms with E-state index in [1.807, 2.05) is 47.0 Å². The van der Waals surface area contributed by atoms with E-state index in [0.717, 1.165) is 21.5 Å². The molecule has 0 spiro atoms. The van der Waals surface area contributed by atoms with E-state index in [0.29, 0.717) is 28.7 Å². The second-order valence-corrected chi connectivity index (χ2v) is 11.0. The number of phenolic OH excluding ortho intramolecular Hbond substituents is 1. The van der Waals surface area contributed by atoms with Gasteiger partial charge in [-0.1, -0.05) is 11.6 Å². The number of carbonyl (C=O) groups is 2. The molecular formula is C23H23BINO6S. The van der Waals surface area contributed by atoms with Crippen molar-refractivity contribution in [3.63, 3.8) is 0 Å². The van der Waals surface area contributed by atoms with Crippen molar-refractivity contribution in [2.45, 2.75) is 32.4 Å². The van der Waals surface area contributed by atoms with Gasteiger partial charge in [0.2, 0.25) is 11.8 Å². The average Bonchev–Trinajstić information content (AvgIpc) is 3.38. The Morgan fingerprint density at radius 2 is 2.09 bits per heavy atom. The molecule has 4 atom stereocenters. The van der Waals surface area contributed by atoms with E-state index >= 15 is 0 Å². The van der Waals surface area contributed by atoms with Gasteiger partial charge >= 0.3 is 7.12 Å². The number of aromatic hydroxyl groups is 1. The molecule has 0 radical (unpaired) electrons. The van der Waals surface area contributed by atoms with E-state index in [9.17, 15) is 19.7 Å². The maximum atomic E-state index is 13.5. The fourth-order valence-corrected chi connectivity index (χ4v) is 6.80. The molecule has 5 rings (SSSR count). The van der Waals surface area contributed by atoms with Crippen LogP contribution in [0.5, 0.6) is 11.5 Å². The molecular weight excluding hydrogens is 556 g/mol. The van der Waals surface area contributed by atoms with E-state index in [1.54, 1.807) is 12.1 Å². The number of thiophene rings is 1. The van der Waals surface area contributed by atoms with Crippen LogP contribution >= 0.6 is 33.9 Å². The number of methoxy groups -OCH3 is 1. The molecule has 10 heteroatoms. The third-order valence-corrected chi connectivity index (χ3v) is 8.67. The number of rotatable bonds is 4. The Hall–Kier alpha value is -1.89. The zero-order valence-corrected chi connectivity index (χ0v) is 21.1. The van der Waals surface area contributed by atoms with Crippen LogP contribution in [0.15, 0.2) is 40.7 Å². The zero-order chi connectivity index (χ0) is 23.4. The van der Waals surface area contributed by atoms with Crippen LogP contribution in [0.3, 0.4) is 0 Å². The van der Waals surface area contributed by atoms with Gasteiger partial charge in [-0.2, -0.15) is 0 Å². The molecule has 2 aromatic rings. The van der Waals surface area contributed by atoms with E-state index in [2.05, 4.69) is 0 Å². The SMILES string of the molecule is COc1cc([C@@H]2C[C@@H]3C(=C(C)C[C@@H]4C(=O)N(Cc5cccs5)C(=O)[C@@H]43)B(O)O2)cc(I)c1O. The number of hydrogen-bond donors (Lipinski definition) is 2. The van der Waals surface area contributed by atoms with Crippen molar-refractivity contribution >= 4 is 52.9 Å². The highest BCUT2D eigenvalue weighted by molar-refractivity contribution is 14.1. The van der Waals surface area contributed by atoms with Crippen LogP contribution in [0.1, 0.15) is 36.3 Å². The predicted molar refractivity (Wildman–Crippen MR) is 131 cm³/mol. The van der Waals surface area contributed by atoms with Crippen LogP contribution in [-0.2, 0) is 20.8 Å². The molecule has 33 heavy (non-hydrogen) atoms. The van der Waals surface area contributed by atoms with E-state index in [-0.39, 0.29) is 23.5 Å². The summed E-state index contributed by atoms with van der Waals surface area (Å²) in [6.07, 6.45) is 0.413. The molecule has 1 aromatic heterocycles. The van der Waals surface area contributed by atoms with Crippen molar-refractivity contribution in [1.82, 2.24) is 4.90 Å². The van der Waals surface area contributed by atoms with Crippen LogP contribution < -0.4 is 4.74 Å². The molecule has 0 saturated carbocycles. The number of benzene rings is 1. The average molecular weight is 579 g/mol. The van der Waals surface area contributed by atoms with Crippen LogP contribution in [0.25, 0.3) is 0 Å². The lowest BCUT2D eigenvalue weighted by atomic mass is 9.55. The van der Waals surface area contributed by atoms with Crippen LogP contribution in [-0.4, -0.2) is 41.1 Å². The van der Waals surface area contributed by atoms with Gasteiger partial charge in [-0.3, -0.25) is 14.5 Å². The van der Waals surface area contributed by atoms with Crippen molar-refractivity contribution in [3.05, 3.63) is 54.7 Å². The first-order valence-electron chi connectivity index (χ1n) is 10.8. The molecule has 2 amide bonds. The van der Waals surface area contributed by atoms with Gasteiger partial charge in [-0.05, 0) is 82.9 Å². The maximum Gasteiger partial charge on any atom is 0.487 e. The number of imide groups is 1. The number of amides is 2. The summed E-state index contributed by atoms with van der Waals surface area (Å²) in [6, 6.07) is 7.33. The van der Waals surface area contributed by atoms with Gasteiger partial charge < -0.3 is 19.5 Å². The number of fused-ring (bicyclic) bond motifs is 3. The van der Waals surface area contributed by atoms with Gasteiger partial charge in [-0.15, -0.1) is 11.3 Å². The summed E-state index contributed by atoms with van der Waals surface area (Å²) >= 11 is 3.55. The first-order valence-corrected chi connectivity index (χ1v) is 12.7. The largest absolute Gasteiger partial charge is 0.504 e. The number of phenols is 1. The Labute approximate surface area is 209 Å². The molecule has 0 bridgehead atoms. The number of ether oxygens (including phenoxy) is 1. The topological polar surface area (TPSA) is 96.3 Å². The molecule has 2 fully saturated rings. The van der Waals surface area contributed by atoms with E-state index in [1.165, 1.54) is 23.3 Å². The van der Waals surface area contributed by atoms with Gasteiger partial charge in [0.25, 0.3) is 0 Å². The molecule has 2 aliphatic heterocycles. The Balaban J connectivity index is 1.48. The summed E-state index contributed by atoms with van der Waals surface area (Å²) in [5.74, 6) is -1.13. The molecule has 1 aliphatic carbocycles. The Bertz CT molecular complexity index is 1150. The zero-order valence-electron chi connectivity index (χ0n) is 18.2. The van der Waals surface area contributed by atoms with Gasteiger partial charge in [-0.25, -0.2) is 0 Å². The number of allylic oxidation sites excluding steroid dienone is 2. The Morgan fingerprint density at radius 1 is 1.30 bits per heavy atom. The van der Waals surface area contributed by atoms with Crippen molar-refractivity contribution in [2.75, 3.05) is 7.11 Å². The van der Waals surface area contributed by atoms with Crippen molar-refractivity contribution in [3.8, 4) is 11.5 Å². The normalized spacial score (nSPS) is 27.2. The highest BCUT2D eigenvalue weighted by Gasteiger charge is 2.57. The quantitative estimate of drug-likeness (QED) is 0.326. The summed E-state index contributed by atoms with van der Waals surface area (Å²) in [6.45, 7) is 2.21. The second-order valence-electron chi connectivity index (χ2n) is 8.79. The number of halogens is 1. The van der Waals surface area contributed by atoms with Crippen molar-refractivity contribution < 1.29 is 29.1 Å². The highest BCUT2D eigenvalue weighted by atomic mass is 127. The summed E-state index contributed by atoms with van der Waals surface area (Å²) in [5.41, 5.74) is 2.40. The third-order valence-electron chi connectivity index (χ3n) is 6.98. The minimum absolute atomic E-state index is 0.0492. The minimum atomic E-state index is -1.15. The first kappa shape index (κ1) is 22.9. The van der Waals surface area contributed by atoms with Gasteiger partial charge in [0, 0.05) is 4.88 Å². The first-order chi connectivity index (χ1) is 15.8. The Morgan fingerprint density at radius 3 is 2.79 bits per heavy atom.